The van der Waals surface area contributed by atoms with Crippen LogP contribution < -0.4 is 15.5 Å². The van der Waals surface area contributed by atoms with Crippen LogP contribution in [0.5, 0.6) is 0 Å². The molecule has 10 heteroatoms. The lowest BCUT2D eigenvalue weighted by molar-refractivity contribution is -0.140. The van der Waals surface area contributed by atoms with Crippen LogP contribution >= 0.6 is 23.1 Å². The molecule has 0 unspecified atom stereocenters. The van der Waals surface area contributed by atoms with Crippen molar-refractivity contribution in [3.05, 3.63) is 45.9 Å². The van der Waals surface area contributed by atoms with E-state index in [0.717, 1.165) is 46.9 Å². The first-order valence-electron chi connectivity index (χ1n) is 9.41. The maximum atomic E-state index is 12.7. The fourth-order valence-electron chi connectivity index (χ4n) is 2.83. The van der Waals surface area contributed by atoms with E-state index in [9.17, 15) is 13.2 Å². The summed E-state index contributed by atoms with van der Waals surface area (Å²) in [5, 5.41) is 7.55. The molecule has 2 N–H and O–H groups in total. The van der Waals surface area contributed by atoms with Crippen LogP contribution in [0.2, 0.25) is 0 Å². The molecule has 2 heterocycles. The summed E-state index contributed by atoms with van der Waals surface area (Å²) < 4.78 is 38.0. The monoisotopic (exact) mass is 443 g/mol. The molecule has 1 saturated heterocycles. The van der Waals surface area contributed by atoms with E-state index in [0.29, 0.717) is 24.1 Å². The van der Waals surface area contributed by atoms with E-state index in [1.807, 2.05) is 18.7 Å². The zero-order chi connectivity index (χ0) is 20.7. The molecule has 0 saturated carbocycles. The molecule has 2 aromatic rings. The molecule has 1 fully saturated rings. The molecule has 0 aliphatic carbocycles. The standard InChI is InChI=1S/C19H24F3N5S2/c1-2-23-18(25-12-17-26-16(13-29-17)19(20,21)22)24-11-14-3-5-15(6-4-14)27-7-9-28-10-8-27/h3-6,13H,2,7-12H2,1H3,(H2,23,24,25). The van der Waals surface area contributed by atoms with Gasteiger partial charge in [0.1, 0.15) is 5.01 Å². The highest BCUT2D eigenvalue weighted by Crippen LogP contribution is 2.29. The third-order valence-corrected chi connectivity index (χ3v) is 6.12. The summed E-state index contributed by atoms with van der Waals surface area (Å²) in [5.41, 5.74) is 1.45. The number of guanidine groups is 1. The third kappa shape index (κ3) is 6.53. The Hall–Kier alpha value is -1.94. The van der Waals surface area contributed by atoms with E-state index >= 15 is 0 Å². The number of alkyl halides is 3. The maximum Gasteiger partial charge on any atom is 0.434 e. The molecule has 0 bridgehead atoms. The summed E-state index contributed by atoms with van der Waals surface area (Å²) in [7, 11) is 0. The van der Waals surface area contributed by atoms with Gasteiger partial charge in [0, 0.05) is 42.2 Å². The fraction of sp³-hybridized carbons (Fsp3) is 0.474. The van der Waals surface area contributed by atoms with Crippen LogP contribution in [0.3, 0.4) is 0 Å². The predicted octanol–water partition coefficient (Wildman–Crippen LogP) is 3.97. The average Bonchev–Trinajstić information content (AvgIpc) is 3.21. The highest BCUT2D eigenvalue weighted by atomic mass is 32.2. The molecule has 29 heavy (non-hydrogen) atoms. The Balaban J connectivity index is 1.56. The number of nitrogens with zero attached hydrogens (tertiary/aromatic N) is 3. The average molecular weight is 444 g/mol. The predicted molar refractivity (Wildman–Crippen MR) is 115 cm³/mol. The van der Waals surface area contributed by atoms with Crippen molar-refractivity contribution in [3.63, 3.8) is 0 Å². The number of rotatable bonds is 6. The second kappa shape index (κ2) is 10.2. The lowest BCUT2D eigenvalue weighted by Crippen LogP contribution is -2.36. The number of halogens is 3. The summed E-state index contributed by atoms with van der Waals surface area (Å²) >= 11 is 2.97. The minimum atomic E-state index is -4.41. The maximum absolute atomic E-state index is 12.7. The van der Waals surface area contributed by atoms with Gasteiger partial charge in [-0.25, -0.2) is 9.98 Å². The Kier molecular flexibility index (Phi) is 7.65. The lowest BCUT2D eigenvalue weighted by Gasteiger charge is -2.28. The Morgan fingerprint density at radius 2 is 1.90 bits per heavy atom. The topological polar surface area (TPSA) is 52.6 Å². The number of aromatic nitrogens is 1. The number of anilines is 1. The summed E-state index contributed by atoms with van der Waals surface area (Å²) in [4.78, 5) is 10.5. The summed E-state index contributed by atoms with van der Waals surface area (Å²) in [6, 6.07) is 8.38. The smallest absolute Gasteiger partial charge is 0.370 e. The number of benzene rings is 1. The molecule has 1 aliphatic rings. The van der Waals surface area contributed by atoms with E-state index < -0.39 is 11.9 Å². The molecular formula is C19H24F3N5S2. The number of aliphatic imine (C=N–C) groups is 1. The summed E-state index contributed by atoms with van der Waals surface area (Å²) in [6.45, 7) is 5.42. The van der Waals surface area contributed by atoms with E-state index in [1.54, 1.807) is 0 Å². The second-order valence-corrected chi connectivity index (χ2v) is 8.61. The van der Waals surface area contributed by atoms with Crippen molar-refractivity contribution < 1.29 is 13.2 Å². The lowest BCUT2D eigenvalue weighted by atomic mass is 10.2. The number of nitrogens with one attached hydrogen (secondary N) is 2. The van der Waals surface area contributed by atoms with E-state index in [2.05, 4.69) is 49.8 Å². The molecule has 0 radical (unpaired) electrons. The van der Waals surface area contributed by atoms with Gasteiger partial charge in [-0.1, -0.05) is 12.1 Å². The van der Waals surface area contributed by atoms with Crippen LogP contribution in [-0.2, 0) is 19.3 Å². The van der Waals surface area contributed by atoms with Crippen molar-refractivity contribution in [1.82, 2.24) is 15.6 Å². The zero-order valence-electron chi connectivity index (χ0n) is 16.1. The summed E-state index contributed by atoms with van der Waals surface area (Å²) in [5.74, 6) is 2.87. The van der Waals surface area contributed by atoms with E-state index in [1.165, 1.54) is 5.69 Å². The number of hydrogen-bond acceptors (Lipinski definition) is 5. The molecule has 1 aromatic heterocycles. The molecule has 0 atom stereocenters. The first-order valence-corrected chi connectivity index (χ1v) is 11.4. The van der Waals surface area contributed by atoms with Crippen LogP contribution in [0.25, 0.3) is 0 Å². The minimum Gasteiger partial charge on any atom is -0.370 e. The van der Waals surface area contributed by atoms with E-state index in [4.69, 9.17) is 0 Å². The van der Waals surface area contributed by atoms with Gasteiger partial charge < -0.3 is 15.5 Å². The Bertz CT molecular complexity index is 799. The zero-order valence-corrected chi connectivity index (χ0v) is 17.8. The van der Waals surface area contributed by atoms with Crippen molar-refractivity contribution in [2.24, 2.45) is 4.99 Å². The van der Waals surface area contributed by atoms with Gasteiger partial charge in [0.25, 0.3) is 0 Å². The minimum absolute atomic E-state index is 0.193. The van der Waals surface area contributed by atoms with Crippen molar-refractivity contribution in [2.75, 3.05) is 36.0 Å². The quantitative estimate of drug-likeness (QED) is 0.523. The van der Waals surface area contributed by atoms with Gasteiger partial charge in [0.05, 0.1) is 13.1 Å². The van der Waals surface area contributed by atoms with E-state index in [-0.39, 0.29) is 6.54 Å². The van der Waals surface area contributed by atoms with Crippen molar-refractivity contribution in [1.29, 1.82) is 0 Å². The highest BCUT2D eigenvalue weighted by molar-refractivity contribution is 7.99. The fourth-order valence-corrected chi connectivity index (χ4v) is 4.47. The largest absolute Gasteiger partial charge is 0.434 e. The molecular weight excluding hydrogens is 419 g/mol. The van der Waals surface area contributed by atoms with Gasteiger partial charge in [0.15, 0.2) is 11.7 Å². The number of thiazole rings is 1. The Morgan fingerprint density at radius 3 is 2.52 bits per heavy atom. The van der Waals surface area contributed by atoms with Crippen LogP contribution in [0.15, 0.2) is 34.6 Å². The normalized spacial score (nSPS) is 15.4. The molecule has 1 aromatic carbocycles. The van der Waals surface area contributed by atoms with Crippen molar-refractivity contribution >= 4 is 34.7 Å². The highest BCUT2D eigenvalue weighted by Gasteiger charge is 2.33. The van der Waals surface area contributed by atoms with Gasteiger partial charge in [-0.15, -0.1) is 11.3 Å². The molecule has 1 aliphatic heterocycles. The molecule has 158 valence electrons. The number of hydrogen-bond donors (Lipinski definition) is 2. The Labute approximate surface area is 176 Å². The SMILES string of the molecule is CCNC(=NCc1ccc(N2CCSCC2)cc1)NCc1nc(C(F)(F)F)cs1. The van der Waals surface area contributed by atoms with Crippen molar-refractivity contribution in [2.45, 2.75) is 26.2 Å². The van der Waals surface area contributed by atoms with Gasteiger partial charge in [0.2, 0.25) is 0 Å². The van der Waals surface area contributed by atoms with Gasteiger partial charge in [-0.3, -0.25) is 0 Å². The van der Waals surface area contributed by atoms with Crippen LogP contribution in [0.1, 0.15) is 23.2 Å². The van der Waals surface area contributed by atoms with Gasteiger partial charge in [-0.2, -0.15) is 24.9 Å². The molecule has 0 spiro atoms. The van der Waals surface area contributed by atoms with Gasteiger partial charge in [-0.05, 0) is 24.6 Å². The van der Waals surface area contributed by atoms with Crippen molar-refractivity contribution in [3.8, 4) is 0 Å². The summed E-state index contributed by atoms with van der Waals surface area (Å²) in [6.07, 6.45) is -4.41. The first kappa shape index (κ1) is 21.8. The molecule has 5 nitrogen and oxygen atoms in total. The van der Waals surface area contributed by atoms with Crippen LogP contribution in [0, 0.1) is 0 Å². The van der Waals surface area contributed by atoms with Crippen LogP contribution in [-0.4, -0.2) is 42.1 Å². The first-order chi connectivity index (χ1) is 14.0. The second-order valence-electron chi connectivity index (χ2n) is 6.44. The van der Waals surface area contributed by atoms with Gasteiger partial charge >= 0.3 is 6.18 Å². The third-order valence-electron chi connectivity index (χ3n) is 4.33. The Morgan fingerprint density at radius 1 is 1.17 bits per heavy atom. The number of thioether (sulfide) groups is 1. The molecule has 0 amide bonds. The molecule has 3 rings (SSSR count). The van der Waals surface area contributed by atoms with Crippen LogP contribution in [0.4, 0.5) is 18.9 Å².